The molecule has 0 aliphatic carbocycles. The summed E-state index contributed by atoms with van der Waals surface area (Å²) in [5.74, 6) is -0.138. The minimum Gasteiger partial charge on any atom is -0.462 e. The molecule has 214 valence electrons. The lowest BCUT2D eigenvalue weighted by Gasteiger charge is -2.28. The molecule has 5 nitrogen and oxygen atoms in total. The average molecular weight is 519 g/mol. The Bertz CT molecular complexity index is 659. The number of aliphatic hydroxyl groups is 1. The number of hydrogen-bond donors (Lipinski definition) is 3. The van der Waals surface area contributed by atoms with Crippen molar-refractivity contribution in [3.63, 3.8) is 0 Å². The van der Waals surface area contributed by atoms with Crippen molar-refractivity contribution in [2.45, 2.75) is 143 Å². The number of nitrogens with two attached hydrogens (primary N) is 1. The number of carbonyl (C=O) groups excluding carboxylic acids is 1. The summed E-state index contributed by atoms with van der Waals surface area (Å²) in [4.78, 5) is 13.2. The zero-order valence-corrected chi connectivity index (χ0v) is 24.4. The van der Waals surface area contributed by atoms with Crippen LogP contribution in [0.25, 0.3) is 0 Å². The van der Waals surface area contributed by atoms with E-state index < -0.39 is 11.5 Å². The smallest absolute Gasteiger partial charge is 0.311 e. The van der Waals surface area contributed by atoms with Crippen LogP contribution in [0.15, 0.2) is 24.3 Å². The second-order valence-electron chi connectivity index (χ2n) is 11.2. The number of carbonyl (C=O) groups is 1. The van der Waals surface area contributed by atoms with E-state index in [1.165, 1.54) is 77.0 Å². The molecule has 1 aromatic rings. The lowest BCUT2D eigenvalue weighted by atomic mass is 9.79. The molecule has 5 heteroatoms. The molecule has 1 aromatic carbocycles. The molecule has 0 bridgehead atoms. The second-order valence-corrected chi connectivity index (χ2v) is 11.2. The van der Waals surface area contributed by atoms with Crippen LogP contribution in [0.5, 0.6) is 0 Å². The summed E-state index contributed by atoms with van der Waals surface area (Å²) in [7, 11) is 0. The van der Waals surface area contributed by atoms with Crippen LogP contribution < -0.4 is 11.1 Å². The number of ether oxygens (including phenoxy) is 1. The van der Waals surface area contributed by atoms with E-state index in [1.807, 2.05) is 24.3 Å². The van der Waals surface area contributed by atoms with Crippen LogP contribution in [0, 0.1) is 5.41 Å². The van der Waals surface area contributed by atoms with Gasteiger partial charge in [-0.05, 0) is 30.9 Å². The SMILES string of the molecule is CCCCCCCCCC(C)(CCCCCCCCC)C(=O)OCC(O)CNCc1ccc(CN)cc1. The summed E-state index contributed by atoms with van der Waals surface area (Å²) < 4.78 is 5.68. The van der Waals surface area contributed by atoms with Crippen molar-refractivity contribution in [1.82, 2.24) is 5.32 Å². The van der Waals surface area contributed by atoms with Crippen molar-refractivity contribution in [1.29, 1.82) is 0 Å². The standard InChI is InChI=1S/C32H58N2O3/c1-4-6-8-10-12-14-16-22-32(3,23-17-15-13-11-9-7-5-2)31(36)37-27-30(35)26-34-25-29-20-18-28(24-33)19-21-29/h18-21,30,34-35H,4-17,22-27,33H2,1-3H3. The van der Waals surface area contributed by atoms with E-state index in [1.54, 1.807) is 0 Å². The number of hydrogen-bond acceptors (Lipinski definition) is 5. The number of unbranched alkanes of at least 4 members (excludes halogenated alkanes) is 12. The van der Waals surface area contributed by atoms with Gasteiger partial charge in [0.1, 0.15) is 12.7 Å². The topological polar surface area (TPSA) is 84.6 Å². The fraction of sp³-hybridized carbons (Fsp3) is 0.781. The monoisotopic (exact) mass is 518 g/mol. The van der Waals surface area contributed by atoms with Gasteiger partial charge in [-0.25, -0.2) is 0 Å². The van der Waals surface area contributed by atoms with Gasteiger partial charge in [-0.1, -0.05) is 128 Å². The zero-order chi connectivity index (χ0) is 27.2. The van der Waals surface area contributed by atoms with Crippen LogP contribution >= 0.6 is 0 Å². The number of rotatable bonds is 24. The molecule has 0 aliphatic rings. The van der Waals surface area contributed by atoms with Gasteiger partial charge in [-0.3, -0.25) is 4.79 Å². The number of benzene rings is 1. The Balaban J connectivity index is 2.43. The minimum atomic E-state index is -0.714. The molecule has 0 aliphatic heterocycles. The number of aliphatic hydroxyl groups excluding tert-OH is 1. The van der Waals surface area contributed by atoms with E-state index in [0.29, 0.717) is 19.6 Å². The summed E-state index contributed by atoms with van der Waals surface area (Å²) in [6.45, 7) is 8.20. The van der Waals surface area contributed by atoms with Gasteiger partial charge in [0.15, 0.2) is 0 Å². The highest BCUT2D eigenvalue weighted by atomic mass is 16.5. The molecule has 1 rings (SSSR count). The van der Waals surface area contributed by atoms with E-state index in [9.17, 15) is 9.90 Å². The average Bonchev–Trinajstić information content (AvgIpc) is 2.91. The molecule has 0 radical (unpaired) electrons. The Morgan fingerprint density at radius 3 is 1.78 bits per heavy atom. The normalized spacial score (nSPS) is 12.6. The molecule has 0 aromatic heterocycles. The Morgan fingerprint density at radius 2 is 1.30 bits per heavy atom. The van der Waals surface area contributed by atoms with Crippen molar-refractivity contribution in [2.75, 3.05) is 13.2 Å². The molecule has 0 fully saturated rings. The summed E-state index contributed by atoms with van der Waals surface area (Å²) in [6.07, 6.45) is 18.5. The lowest BCUT2D eigenvalue weighted by molar-refractivity contribution is -0.159. The van der Waals surface area contributed by atoms with Crippen molar-refractivity contribution in [3.05, 3.63) is 35.4 Å². The molecule has 0 heterocycles. The number of nitrogens with one attached hydrogen (secondary N) is 1. The van der Waals surface area contributed by atoms with Gasteiger partial charge in [0.25, 0.3) is 0 Å². The van der Waals surface area contributed by atoms with E-state index in [2.05, 4.69) is 26.1 Å². The summed E-state index contributed by atoms with van der Waals surface area (Å²) >= 11 is 0. The summed E-state index contributed by atoms with van der Waals surface area (Å²) in [5.41, 5.74) is 7.44. The van der Waals surface area contributed by atoms with Gasteiger partial charge in [0.2, 0.25) is 0 Å². The maximum Gasteiger partial charge on any atom is 0.311 e. The molecule has 1 atom stereocenters. The molecular formula is C32H58N2O3. The number of esters is 1. The van der Waals surface area contributed by atoms with Crippen LogP contribution in [0.2, 0.25) is 0 Å². The third-order valence-electron chi connectivity index (χ3n) is 7.53. The molecule has 1 unspecified atom stereocenters. The van der Waals surface area contributed by atoms with Crippen LogP contribution in [-0.2, 0) is 22.6 Å². The Labute approximate surface area is 228 Å². The molecular weight excluding hydrogens is 460 g/mol. The minimum absolute atomic E-state index is 0.0432. The van der Waals surface area contributed by atoms with Crippen molar-refractivity contribution in [3.8, 4) is 0 Å². The molecule has 0 saturated carbocycles. The van der Waals surface area contributed by atoms with Gasteiger partial charge in [-0.15, -0.1) is 0 Å². The Kier molecular flexibility index (Phi) is 19.5. The third-order valence-corrected chi connectivity index (χ3v) is 7.53. The second kappa shape index (κ2) is 21.5. The van der Waals surface area contributed by atoms with Crippen LogP contribution in [-0.4, -0.2) is 30.3 Å². The first kappa shape index (κ1) is 33.6. The largest absolute Gasteiger partial charge is 0.462 e. The summed E-state index contributed by atoms with van der Waals surface area (Å²) in [5, 5.41) is 13.7. The highest BCUT2D eigenvalue weighted by molar-refractivity contribution is 5.76. The first-order valence-electron chi connectivity index (χ1n) is 15.3. The van der Waals surface area contributed by atoms with Gasteiger partial charge in [-0.2, -0.15) is 0 Å². The Morgan fingerprint density at radius 1 is 0.838 bits per heavy atom. The maximum absolute atomic E-state index is 13.2. The quantitative estimate of drug-likeness (QED) is 0.0979. The summed E-state index contributed by atoms with van der Waals surface area (Å²) in [6, 6.07) is 8.13. The third kappa shape index (κ3) is 16.2. The highest BCUT2D eigenvalue weighted by Gasteiger charge is 2.34. The first-order chi connectivity index (χ1) is 17.9. The first-order valence-corrected chi connectivity index (χ1v) is 15.3. The van der Waals surface area contributed by atoms with Gasteiger partial charge < -0.3 is 20.9 Å². The fourth-order valence-electron chi connectivity index (χ4n) is 4.86. The van der Waals surface area contributed by atoms with Crippen LogP contribution in [0.4, 0.5) is 0 Å². The van der Waals surface area contributed by atoms with E-state index in [4.69, 9.17) is 10.5 Å². The van der Waals surface area contributed by atoms with Crippen molar-refractivity contribution < 1.29 is 14.6 Å². The predicted octanol–water partition coefficient (Wildman–Crippen LogP) is 7.43. The predicted molar refractivity (Wildman–Crippen MR) is 156 cm³/mol. The highest BCUT2D eigenvalue weighted by Crippen LogP contribution is 2.33. The van der Waals surface area contributed by atoms with E-state index >= 15 is 0 Å². The van der Waals surface area contributed by atoms with Gasteiger partial charge in [0.05, 0.1) is 5.41 Å². The molecule has 37 heavy (non-hydrogen) atoms. The van der Waals surface area contributed by atoms with Crippen molar-refractivity contribution >= 4 is 5.97 Å². The van der Waals surface area contributed by atoms with E-state index in [-0.39, 0.29) is 12.6 Å². The van der Waals surface area contributed by atoms with Crippen LogP contribution in [0.1, 0.15) is 135 Å². The molecule has 0 saturated heterocycles. The van der Waals surface area contributed by atoms with Crippen LogP contribution in [0.3, 0.4) is 0 Å². The maximum atomic E-state index is 13.2. The molecule has 4 N–H and O–H groups in total. The Hall–Kier alpha value is -1.43. The fourth-order valence-corrected chi connectivity index (χ4v) is 4.86. The molecule has 0 spiro atoms. The van der Waals surface area contributed by atoms with Gasteiger partial charge in [0, 0.05) is 19.6 Å². The zero-order valence-electron chi connectivity index (χ0n) is 24.4. The molecule has 0 amide bonds. The van der Waals surface area contributed by atoms with Crippen molar-refractivity contribution in [2.24, 2.45) is 11.1 Å². The van der Waals surface area contributed by atoms with E-state index in [0.717, 1.165) is 36.8 Å². The lowest BCUT2D eigenvalue weighted by Crippen LogP contribution is -2.35. The van der Waals surface area contributed by atoms with Gasteiger partial charge >= 0.3 is 5.97 Å².